The van der Waals surface area contributed by atoms with Crippen LogP contribution in [-0.4, -0.2) is 5.78 Å². The Morgan fingerprint density at radius 1 is 1.29 bits per heavy atom. The molecule has 2 nitrogen and oxygen atoms in total. The van der Waals surface area contributed by atoms with E-state index < -0.39 is 0 Å². The number of ketones is 1. The maximum atomic E-state index is 11.8. The van der Waals surface area contributed by atoms with Crippen LogP contribution in [0.5, 0.6) is 0 Å². The second kappa shape index (κ2) is 3.42. The van der Waals surface area contributed by atoms with Gasteiger partial charge in [-0.2, -0.15) is 0 Å². The number of hydrogen-bond donors (Lipinski definition) is 0. The van der Waals surface area contributed by atoms with E-state index in [9.17, 15) is 4.79 Å². The summed E-state index contributed by atoms with van der Waals surface area (Å²) in [5, 5.41) is 1.88. The Hall–Kier alpha value is -1.35. The average Bonchev–Trinajstić information content (AvgIpc) is 2.73. The molecule has 0 amide bonds. The Labute approximate surface area is 86.2 Å². The summed E-state index contributed by atoms with van der Waals surface area (Å²) >= 11 is 1.58. The van der Waals surface area contributed by atoms with Crippen LogP contribution in [0.2, 0.25) is 0 Å². The van der Waals surface area contributed by atoms with Gasteiger partial charge in [-0.25, -0.2) is 0 Å². The molecule has 14 heavy (non-hydrogen) atoms. The minimum absolute atomic E-state index is 0.0335. The number of hydrogen-bond acceptors (Lipinski definition) is 3. The highest BCUT2D eigenvalue weighted by Gasteiger charge is 2.12. The minimum atomic E-state index is 0.0335. The lowest BCUT2D eigenvalue weighted by Crippen LogP contribution is -1.96. The zero-order chi connectivity index (χ0) is 10.1. The fourth-order valence-electron chi connectivity index (χ4n) is 1.29. The molecule has 0 aliphatic carbocycles. The number of carbonyl (C=O) groups excluding carboxylic acids is 1. The van der Waals surface area contributed by atoms with Crippen molar-refractivity contribution in [3.05, 3.63) is 45.5 Å². The van der Waals surface area contributed by atoms with E-state index in [2.05, 4.69) is 0 Å². The fraction of sp³-hybridized carbons (Fsp3) is 0.182. The summed E-state index contributed by atoms with van der Waals surface area (Å²) in [6.45, 7) is 3.82. The smallest absolute Gasteiger partial charge is 0.197 e. The Morgan fingerprint density at radius 3 is 2.57 bits per heavy atom. The molecule has 0 aliphatic heterocycles. The molecule has 72 valence electrons. The van der Waals surface area contributed by atoms with Crippen LogP contribution in [0.3, 0.4) is 0 Å². The van der Waals surface area contributed by atoms with Gasteiger partial charge in [-0.3, -0.25) is 4.79 Å². The summed E-state index contributed by atoms with van der Waals surface area (Å²) in [5.74, 6) is 0.798. The fourth-order valence-corrected chi connectivity index (χ4v) is 1.97. The third kappa shape index (κ3) is 1.63. The molecule has 2 aromatic rings. The Morgan fingerprint density at radius 2 is 2.07 bits per heavy atom. The monoisotopic (exact) mass is 206 g/mol. The van der Waals surface area contributed by atoms with E-state index in [4.69, 9.17) is 4.42 Å². The maximum Gasteiger partial charge on any atom is 0.197 e. The van der Waals surface area contributed by atoms with Crippen LogP contribution in [0.15, 0.2) is 28.2 Å². The van der Waals surface area contributed by atoms with Crippen molar-refractivity contribution in [3.8, 4) is 0 Å². The number of carbonyl (C=O) groups is 1. The van der Waals surface area contributed by atoms with Crippen molar-refractivity contribution in [2.75, 3.05) is 0 Å². The van der Waals surface area contributed by atoms with Gasteiger partial charge in [0.25, 0.3) is 0 Å². The quantitative estimate of drug-likeness (QED) is 0.706. The standard InChI is InChI=1S/C11H10O2S/c1-7-3-9(5-13-7)11(12)10-4-8(2)14-6-10/h3-6H,1-2H3. The molecule has 3 heteroatoms. The normalized spacial score (nSPS) is 10.4. The van der Waals surface area contributed by atoms with Gasteiger partial charge in [-0.1, -0.05) is 0 Å². The van der Waals surface area contributed by atoms with Crippen LogP contribution in [-0.2, 0) is 0 Å². The summed E-state index contributed by atoms with van der Waals surface area (Å²) in [6, 6.07) is 3.66. The summed E-state index contributed by atoms with van der Waals surface area (Å²) in [4.78, 5) is 13.0. The highest BCUT2D eigenvalue weighted by molar-refractivity contribution is 7.10. The van der Waals surface area contributed by atoms with Crippen LogP contribution < -0.4 is 0 Å². The molecule has 0 radical (unpaired) electrons. The van der Waals surface area contributed by atoms with Gasteiger partial charge in [0.2, 0.25) is 0 Å². The second-order valence-electron chi connectivity index (χ2n) is 3.22. The SMILES string of the molecule is Cc1cc(C(=O)c2csc(C)c2)co1. The molecule has 2 heterocycles. The van der Waals surface area contributed by atoms with Crippen LogP contribution in [0.4, 0.5) is 0 Å². The van der Waals surface area contributed by atoms with Crippen LogP contribution in [0.1, 0.15) is 26.6 Å². The molecular weight excluding hydrogens is 196 g/mol. The lowest BCUT2D eigenvalue weighted by atomic mass is 10.1. The first-order chi connectivity index (χ1) is 6.66. The molecule has 2 aromatic heterocycles. The molecule has 0 atom stereocenters. The zero-order valence-corrected chi connectivity index (χ0v) is 8.85. The Balaban J connectivity index is 2.33. The number of aryl methyl sites for hydroxylation is 2. The highest BCUT2D eigenvalue weighted by atomic mass is 32.1. The van der Waals surface area contributed by atoms with Gasteiger partial charge in [0, 0.05) is 15.8 Å². The largest absolute Gasteiger partial charge is 0.469 e. The van der Waals surface area contributed by atoms with Gasteiger partial charge in [0.1, 0.15) is 12.0 Å². The number of furan rings is 1. The molecular formula is C11H10O2S. The first-order valence-electron chi connectivity index (χ1n) is 4.32. The van der Waals surface area contributed by atoms with Gasteiger partial charge >= 0.3 is 0 Å². The van der Waals surface area contributed by atoms with Crippen molar-refractivity contribution in [1.29, 1.82) is 0 Å². The molecule has 0 fully saturated rings. The van der Waals surface area contributed by atoms with Crippen molar-refractivity contribution < 1.29 is 9.21 Å². The van der Waals surface area contributed by atoms with Gasteiger partial charge < -0.3 is 4.42 Å². The summed E-state index contributed by atoms with van der Waals surface area (Å²) in [7, 11) is 0. The van der Waals surface area contributed by atoms with E-state index >= 15 is 0 Å². The lowest BCUT2D eigenvalue weighted by molar-refractivity contribution is 0.103. The molecule has 0 saturated carbocycles. The van der Waals surface area contributed by atoms with Gasteiger partial charge in [0.05, 0.1) is 5.56 Å². The van der Waals surface area contributed by atoms with Crippen molar-refractivity contribution >= 4 is 17.1 Å². The van der Waals surface area contributed by atoms with E-state index in [0.29, 0.717) is 5.56 Å². The van der Waals surface area contributed by atoms with E-state index in [0.717, 1.165) is 16.2 Å². The lowest BCUT2D eigenvalue weighted by Gasteiger charge is -1.90. The molecule has 0 spiro atoms. The Bertz CT molecular complexity index is 423. The minimum Gasteiger partial charge on any atom is -0.469 e. The molecule has 2 rings (SSSR count). The van der Waals surface area contributed by atoms with Crippen molar-refractivity contribution in [1.82, 2.24) is 0 Å². The molecule has 0 bridgehead atoms. The Kier molecular flexibility index (Phi) is 2.25. The zero-order valence-electron chi connectivity index (χ0n) is 8.03. The topological polar surface area (TPSA) is 30.2 Å². The summed E-state index contributed by atoms with van der Waals surface area (Å²) in [6.07, 6.45) is 1.50. The van der Waals surface area contributed by atoms with Gasteiger partial charge in [-0.15, -0.1) is 11.3 Å². The summed E-state index contributed by atoms with van der Waals surface area (Å²) < 4.78 is 5.10. The molecule has 0 unspecified atom stereocenters. The van der Waals surface area contributed by atoms with E-state index in [-0.39, 0.29) is 5.78 Å². The number of thiophene rings is 1. The van der Waals surface area contributed by atoms with Crippen molar-refractivity contribution in [3.63, 3.8) is 0 Å². The molecule has 0 aromatic carbocycles. The van der Waals surface area contributed by atoms with Crippen molar-refractivity contribution in [2.24, 2.45) is 0 Å². The third-order valence-electron chi connectivity index (χ3n) is 1.99. The van der Waals surface area contributed by atoms with Crippen LogP contribution >= 0.6 is 11.3 Å². The number of rotatable bonds is 2. The van der Waals surface area contributed by atoms with Crippen molar-refractivity contribution in [2.45, 2.75) is 13.8 Å². The van der Waals surface area contributed by atoms with Crippen LogP contribution in [0, 0.1) is 13.8 Å². The maximum absolute atomic E-state index is 11.8. The highest BCUT2D eigenvalue weighted by Crippen LogP contribution is 2.18. The molecule has 0 saturated heterocycles. The van der Waals surface area contributed by atoms with E-state index in [1.807, 2.05) is 25.3 Å². The molecule has 0 aliphatic rings. The van der Waals surface area contributed by atoms with E-state index in [1.165, 1.54) is 6.26 Å². The van der Waals surface area contributed by atoms with Crippen LogP contribution in [0.25, 0.3) is 0 Å². The average molecular weight is 206 g/mol. The summed E-state index contributed by atoms with van der Waals surface area (Å²) in [5.41, 5.74) is 1.37. The predicted octanol–water partition coefficient (Wildman–Crippen LogP) is 3.19. The second-order valence-corrected chi connectivity index (χ2v) is 4.34. The predicted molar refractivity (Wildman–Crippen MR) is 55.9 cm³/mol. The van der Waals surface area contributed by atoms with E-state index in [1.54, 1.807) is 17.4 Å². The third-order valence-corrected chi connectivity index (χ3v) is 2.85. The molecule has 0 N–H and O–H groups in total. The first-order valence-corrected chi connectivity index (χ1v) is 5.20. The van der Waals surface area contributed by atoms with Gasteiger partial charge in [0.15, 0.2) is 5.78 Å². The van der Waals surface area contributed by atoms with Gasteiger partial charge in [-0.05, 0) is 26.0 Å². The first kappa shape index (κ1) is 9.21.